The highest BCUT2D eigenvalue weighted by Gasteiger charge is 2.47. The molecule has 4 rings (SSSR count). The summed E-state index contributed by atoms with van der Waals surface area (Å²) in [4.78, 5) is 28.7. The van der Waals surface area contributed by atoms with Crippen LogP contribution in [0.4, 0.5) is 5.69 Å². The van der Waals surface area contributed by atoms with E-state index in [4.69, 9.17) is 4.74 Å². The Hall–Kier alpha value is -3.86. The van der Waals surface area contributed by atoms with E-state index >= 15 is 0 Å². The molecule has 1 fully saturated rings. The van der Waals surface area contributed by atoms with Crippen molar-refractivity contribution in [1.29, 1.82) is 0 Å². The first-order valence-electron chi connectivity index (χ1n) is 13.9. The SMILES string of the molecule is CC(C)COc1cccc(/C(O)=C2/C(=O)C(=O)N(c3ccc(C(C)(C)C)cc3)C2c2ccc(C(C)(C)C)cc2)c1. The minimum absolute atomic E-state index is 0.0560. The fourth-order valence-electron chi connectivity index (χ4n) is 4.85. The van der Waals surface area contributed by atoms with Crippen LogP contribution in [0.5, 0.6) is 5.75 Å². The monoisotopic (exact) mass is 539 g/mol. The maximum atomic E-state index is 13.6. The number of Topliss-reactive ketones (excluding diaryl/α,β-unsaturated/α-hetero) is 1. The second-order valence-corrected chi connectivity index (χ2v) is 13.1. The van der Waals surface area contributed by atoms with Gasteiger partial charge in [0.05, 0.1) is 18.2 Å². The molecule has 0 aliphatic carbocycles. The number of aliphatic hydroxyl groups excluding tert-OH is 1. The van der Waals surface area contributed by atoms with Crippen LogP contribution in [-0.4, -0.2) is 23.4 Å². The molecule has 40 heavy (non-hydrogen) atoms. The zero-order valence-corrected chi connectivity index (χ0v) is 24.9. The summed E-state index contributed by atoms with van der Waals surface area (Å²) in [7, 11) is 0. The van der Waals surface area contributed by atoms with E-state index < -0.39 is 17.7 Å². The van der Waals surface area contributed by atoms with Crippen LogP contribution >= 0.6 is 0 Å². The lowest BCUT2D eigenvalue weighted by molar-refractivity contribution is -0.132. The van der Waals surface area contributed by atoms with Crippen molar-refractivity contribution in [2.45, 2.75) is 72.3 Å². The van der Waals surface area contributed by atoms with Crippen molar-refractivity contribution in [2.75, 3.05) is 11.5 Å². The number of amides is 1. The molecule has 1 atom stereocenters. The van der Waals surface area contributed by atoms with Crippen LogP contribution < -0.4 is 9.64 Å². The molecular formula is C35H41NO4. The summed E-state index contributed by atoms with van der Waals surface area (Å²) in [5.74, 6) is -0.663. The normalized spacial score (nSPS) is 17.5. The minimum atomic E-state index is -0.783. The van der Waals surface area contributed by atoms with Gasteiger partial charge in [0.25, 0.3) is 11.7 Å². The lowest BCUT2D eigenvalue weighted by Gasteiger charge is -2.27. The van der Waals surface area contributed by atoms with Crippen molar-refractivity contribution < 1.29 is 19.4 Å². The Labute approximate surface area is 238 Å². The summed E-state index contributed by atoms with van der Waals surface area (Å²) in [6.45, 7) is 17.4. The first-order valence-corrected chi connectivity index (χ1v) is 13.9. The van der Waals surface area contributed by atoms with E-state index in [2.05, 4.69) is 55.4 Å². The van der Waals surface area contributed by atoms with E-state index in [0.29, 0.717) is 29.5 Å². The number of ketones is 1. The number of benzene rings is 3. The van der Waals surface area contributed by atoms with Crippen LogP contribution in [0.3, 0.4) is 0 Å². The van der Waals surface area contributed by atoms with E-state index in [-0.39, 0.29) is 22.2 Å². The number of carbonyl (C=O) groups excluding carboxylic acids is 2. The molecule has 1 saturated heterocycles. The predicted octanol–water partition coefficient (Wildman–Crippen LogP) is 7.94. The van der Waals surface area contributed by atoms with Gasteiger partial charge in [0, 0.05) is 11.3 Å². The number of nitrogens with zero attached hydrogens (tertiary/aromatic N) is 1. The molecular weight excluding hydrogens is 498 g/mol. The lowest BCUT2D eigenvalue weighted by Crippen LogP contribution is -2.29. The van der Waals surface area contributed by atoms with E-state index in [0.717, 1.165) is 16.7 Å². The van der Waals surface area contributed by atoms with Crippen LogP contribution in [0.25, 0.3) is 5.76 Å². The zero-order chi connectivity index (χ0) is 29.4. The molecule has 3 aromatic carbocycles. The Kier molecular flexibility index (Phi) is 7.98. The Bertz CT molecular complexity index is 1420. The summed E-state index contributed by atoms with van der Waals surface area (Å²) in [6, 6.07) is 21.9. The third kappa shape index (κ3) is 5.99. The molecule has 210 valence electrons. The van der Waals surface area contributed by atoms with Gasteiger partial charge in [-0.25, -0.2) is 0 Å². The summed E-state index contributed by atoms with van der Waals surface area (Å²) in [5.41, 5.74) is 3.99. The van der Waals surface area contributed by atoms with Gasteiger partial charge < -0.3 is 9.84 Å². The van der Waals surface area contributed by atoms with Crippen molar-refractivity contribution in [3.05, 3.63) is 101 Å². The van der Waals surface area contributed by atoms with Crippen LogP contribution in [-0.2, 0) is 20.4 Å². The van der Waals surface area contributed by atoms with Gasteiger partial charge in [-0.2, -0.15) is 0 Å². The molecule has 1 N–H and O–H groups in total. The van der Waals surface area contributed by atoms with Gasteiger partial charge in [-0.15, -0.1) is 0 Å². The van der Waals surface area contributed by atoms with Gasteiger partial charge in [-0.05, 0) is 57.7 Å². The third-order valence-corrected chi connectivity index (χ3v) is 7.24. The van der Waals surface area contributed by atoms with Crippen molar-refractivity contribution in [3.63, 3.8) is 0 Å². The predicted molar refractivity (Wildman–Crippen MR) is 162 cm³/mol. The molecule has 1 amide bonds. The first kappa shape index (κ1) is 29.1. The Morgan fingerprint density at radius 1 is 0.850 bits per heavy atom. The summed E-state index contributed by atoms with van der Waals surface area (Å²) in [6.07, 6.45) is 0. The summed E-state index contributed by atoms with van der Waals surface area (Å²) < 4.78 is 5.86. The summed E-state index contributed by atoms with van der Waals surface area (Å²) in [5, 5.41) is 11.6. The molecule has 5 nitrogen and oxygen atoms in total. The molecule has 1 unspecified atom stereocenters. The number of ether oxygens (including phenoxy) is 1. The molecule has 0 spiro atoms. The number of anilines is 1. The molecule has 0 saturated carbocycles. The average molecular weight is 540 g/mol. The van der Waals surface area contributed by atoms with Crippen molar-refractivity contribution in [2.24, 2.45) is 5.92 Å². The lowest BCUT2D eigenvalue weighted by atomic mass is 9.85. The highest BCUT2D eigenvalue weighted by atomic mass is 16.5. The van der Waals surface area contributed by atoms with Crippen LogP contribution in [0.1, 0.15) is 83.7 Å². The molecule has 0 bridgehead atoms. The topological polar surface area (TPSA) is 66.8 Å². The highest BCUT2D eigenvalue weighted by Crippen LogP contribution is 2.43. The van der Waals surface area contributed by atoms with Crippen molar-refractivity contribution in [3.8, 4) is 5.75 Å². The number of aliphatic hydroxyl groups is 1. The maximum absolute atomic E-state index is 13.6. The minimum Gasteiger partial charge on any atom is -0.507 e. The van der Waals surface area contributed by atoms with Crippen LogP contribution in [0, 0.1) is 5.92 Å². The van der Waals surface area contributed by atoms with Crippen molar-refractivity contribution >= 4 is 23.1 Å². The largest absolute Gasteiger partial charge is 0.507 e. The second kappa shape index (κ2) is 11.0. The number of rotatable bonds is 6. The maximum Gasteiger partial charge on any atom is 0.300 e. The van der Waals surface area contributed by atoms with Gasteiger partial charge in [0.2, 0.25) is 0 Å². The Morgan fingerprint density at radius 3 is 1.93 bits per heavy atom. The van der Waals surface area contributed by atoms with Gasteiger partial charge in [-0.3, -0.25) is 14.5 Å². The second-order valence-electron chi connectivity index (χ2n) is 13.1. The average Bonchev–Trinajstić information content (AvgIpc) is 3.16. The number of carbonyl (C=O) groups is 2. The third-order valence-electron chi connectivity index (χ3n) is 7.24. The first-order chi connectivity index (χ1) is 18.7. The van der Waals surface area contributed by atoms with E-state index in [9.17, 15) is 14.7 Å². The van der Waals surface area contributed by atoms with Gasteiger partial charge in [0.15, 0.2) is 0 Å². The molecule has 0 aromatic heterocycles. The van der Waals surface area contributed by atoms with Gasteiger partial charge in [-0.1, -0.05) is 104 Å². The van der Waals surface area contributed by atoms with E-state index in [1.54, 1.807) is 18.2 Å². The molecule has 0 radical (unpaired) electrons. The number of hydrogen-bond donors (Lipinski definition) is 1. The zero-order valence-electron chi connectivity index (χ0n) is 24.9. The fraction of sp³-hybridized carbons (Fsp3) is 0.371. The molecule has 1 aliphatic heterocycles. The molecule has 1 heterocycles. The van der Waals surface area contributed by atoms with Crippen molar-refractivity contribution in [1.82, 2.24) is 0 Å². The Balaban J connectivity index is 1.86. The molecule has 5 heteroatoms. The smallest absolute Gasteiger partial charge is 0.300 e. The quantitative estimate of drug-likeness (QED) is 0.196. The van der Waals surface area contributed by atoms with Gasteiger partial charge in [0.1, 0.15) is 11.5 Å². The molecule has 1 aliphatic rings. The van der Waals surface area contributed by atoms with E-state index in [1.165, 1.54) is 4.90 Å². The van der Waals surface area contributed by atoms with Gasteiger partial charge >= 0.3 is 0 Å². The standard InChI is InChI=1S/C35H41NO4/c1-22(2)21-40-28-11-9-10-24(20-28)31(37)29-30(23-12-14-25(15-13-23)34(3,4)5)36(33(39)32(29)38)27-18-16-26(17-19-27)35(6,7)8/h9-20,22,30,37H,21H2,1-8H3/b31-29-. The molecule has 3 aromatic rings. The fourth-order valence-corrected chi connectivity index (χ4v) is 4.85. The van der Waals surface area contributed by atoms with Crippen LogP contribution in [0.15, 0.2) is 78.4 Å². The highest BCUT2D eigenvalue weighted by molar-refractivity contribution is 6.51. The number of hydrogen-bond acceptors (Lipinski definition) is 4. The van der Waals surface area contributed by atoms with Crippen LogP contribution in [0.2, 0.25) is 0 Å². The van der Waals surface area contributed by atoms with E-state index in [1.807, 2.05) is 54.6 Å². The Morgan fingerprint density at radius 2 is 1.40 bits per heavy atom. The summed E-state index contributed by atoms with van der Waals surface area (Å²) >= 11 is 0.